The number of halogens is 2. The van der Waals surface area contributed by atoms with Crippen molar-refractivity contribution in [3.63, 3.8) is 0 Å². The number of thioether (sulfide) groups is 1. The van der Waals surface area contributed by atoms with Crippen LogP contribution < -0.4 is 14.4 Å². The molecule has 1 N–H and O–H groups in total. The minimum Gasteiger partial charge on any atom is -0.495 e. The Morgan fingerprint density at radius 2 is 1.74 bits per heavy atom. The number of sulfonamides is 1. The van der Waals surface area contributed by atoms with Gasteiger partial charge in [-0.3, -0.25) is 9.59 Å². The van der Waals surface area contributed by atoms with Crippen LogP contribution in [0.4, 0.5) is 5.69 Å². The lowest BCUT2D eigenvalue weighted by Crippen LogP contribution is -2.30. The molecule has 1 fully saturated rings. The van der Waals surface area contributed by atoms with Crippen molar-refractivity contribution in [1.82, 2.24) is 4.72 Å². The lowest BCUT2D eigenvalue weighted by molar-refractivity contribution is -0.121. The minimum atomic E-state index is -3.85. The average molecular weight is 503 g/mol. The molecule has 0 spiro atoms. The molecule has 0 unspecified atom stereocenters. The normalized spacial score (nSPS) is 14.4. The molecule has 11 heteroatoms. The number of nitrogens with one attached hydrogen (secondary N) is 1. The predicted octanol–water partition coefficient (Wildman–Crippen LogP) is 3.87. The quantitative estimate of drug-likeness (QED) is 0.413. The van der Waals surface area contributed by atoms with Crippen molar-refractivity contribution >= 4 is 62.5 Å². The highest BCUT2D eigenvalue weighted by Gasteiger charge is 2.33. The fourth-order valence-electron chi connectivity index (χ4n) is 3.03. The molecule has 0 saturated carbocycles. The smallest absolute Gasteiger partial charge is 0.240 e. The second kappa shape index (κ2) is 10.2. The van der Waals surface area contributed by atoms with E-state index < -0.39 is 10.0 Å². The lowest BCUT2D eigenvalue weighted by atomic mass is 10.2. The van der Waals surface area contributed by atoms with E-state index in [9.17, 15) is 18.0 Å². The van der Waals surface area contributed by atoms with E-state index in [0.717, 1.165) is 10.5 Å². The number of imide groups is 1. The summed E-state index contributed by atoms with van der Waals surface area (Å²) in [6, 6.07) is 9.34. The summed E-state index contributed by atoms with van der Waals surface area (Å²) in [5.74, 6) is 0.509. The Balaban J connectivity index is 1.66. The summed E-state index contributed by atoms with van der Waals surface area (Å²) in [5.41, 5.74) is 0.930. The number of benzene rings is 2. The number of methoxy groups -OCH3 is 1. The SMILES string of the molecule is COc1ccc(S(=O)(=O)NCCSCc2c(Cl)cccc2Cl)cc1N1C(=O)CCC1=O. The molecular weight excluding hydrogens is 483 g/mol. The van der Waals surface area contributed by atoms with E-state index in [1.165, 1.54) is 37.1 Å². The lowest BCUT2D eigenvalue weighted by Gasteiger charge is -2.18. The van der Waals surface area contributed by atoms with E-state index in [1.54, 1.807) is 18.2 Å². The van der Waals surface area contributed by atoms with Gasteiger partial charge in [-0.25, -0.2) is 18.0 Å². The van der Waals surface area contributed by atoms with Gasteiger partial charge in [-0.15, -0.1) is 0 Å². The zero-order valence-electron chi connectivity index (χ0n) is 16.6. The molecule has 2 aromatic rings. The van der Waals surface area contributed by atoms with E-state index in [1.807, 2.05) is 0 Å². The van der Waals surface area contributed by atoms with Gasteiger partial charge in [0.25, 0.3) is 0 Å². The zero-order chi connectivity index (χ0) is 22.6. The Bertz CT molecular complexity index is 1070. The first-order valence-electron chi connectivity index (χ1n) is 9.28. The van der Waals surface area contributed by atoms with E-state index in [0.29, 0.717) is 21.6 Å². The molecule has 0 radical (unpaired) electrons. The number of anilines is 1. The van der Waals surface area contributed by atoms with Gasteiger partial charge in [0, 0.05) is 40.9 Å². The van der Waals surface area contributed by atoms with Gasteiger partial charge in [-0.05, 0) is 35.9 Å². The van der Waals surface area contributed by atoms with Crippen molar-refractivity contribution < 1.29 is 22.7 Å². The number of rotatable bonds is 9. The third-order valence-electron chi connectivity index (χ3n) is 4.60. The molecule has 166 valence electrons. The minimum absolute atomic E-state index is 0.0602. The molecule has 0 aliphatic carbocycles. The molecule has 2 aromatic carbocycles. The summed E-state index contributed by atoms with van der Waals surface area (Å²) in [4.78, 5) is 25.1. The van der Waals surface area contributed by atoms with E-state index in [4.69, 9.17) is 27.9 Å². The van der Waals surface area contributed by atoms with Crippen LogP contribution in [-0.4, -0.2) is 39.6 Å². The molecule has 2 amide bonds. The second-order valence-corrected chi connectivity index (χ2v) is 10.3. The summed E-state index contributed by atoms with van der Waals surface area (Å²) in [6.45, 7) is 0.179. The Hall–Kier alpha value is -1.78. The summed E-state index contributed by atoms with van der Waals surface area (Å²) >= 11 is 13.8. The molecule has 0 aromatic heterocycles. The van der Waals surface area contributed by atoms with Crippen molar-refractivity contribution in [3.8, 4) is 5.75 Å². The molecule has 1 heterocycles. The topological polar surface area (TPSA) is 92.8 Å². The maximum atomic E-state index is 12.7. The molecule has 31 heavy (non-hydrogen) atoms. The van der Waals surface area contributed by atoms with Gasteiger partial charge in [0.15, 0.2) is 0 Å². The van der Waals surface area contributed by atoms with Crippen molar-refractivity contribution in [2.45, 2.75) is 23.5 Å². The number of amides is 2. The summed E-state index contributed by atoms with van der Waals surface area (Å²) in [6.07, 6.45) is 0.174. The molecule has 0 atom stereocenters. The number of carbonyl (C=O) groups is 2. The Morgan fingerprint density at radius 3 is 2.35 bits per heavy atom. The average Bonchev–Trinajstić information content (AvgIpc) is 3.07. The van der Waals surface area contributed by atoms with E-state index in [-0.39, 0.29) is 47.5 Å². The van der Waals surface area contributed by atoms with Crippen LogP contribution in [0.3, 0.4) is 0 Å². The Labute approximate surface area is 195 Å². The van der Waals surface area contributed by atoms with Crippen LogP contribution in [0.25, 0.3) is 0 Å². The fraction of sp³-hybridized carbons (Fsp3) is 0.300. The maximum absolute atomic E-state index is 12.7. The first kappa shape index (κ1) is 23.9. The van der Waals surface area contributed by atoms with Crippen LogP contribution in [0, 0.1) is 0 Å². The van der Waals surface area contributed by atoms with Crippen molar-refractivity contribution in [3.05, 3.63) is 52.0 Å². The van der Waals surface area contributed by atoms with Crippen LogP contribution in [0.5, 0.6) is 5.75 Å². The van der Waals surface area contributed by atoms with Gasteiger partial charge in [-0.1, -0.05) is 29.3 Å². The van der Waals surface area contributed by atoms with Gasteiger partial charge < -0.3 is 4.74 Å². The number of nitrogens with zero attached hydrogens (tertiary/aromatic N) is 1. The van der Waals surface area contributed by atoms with E-state index >= 15 is 0 Å². The van der Waals surface area contributed by atoms with Gasteiger partial charge in [0.05, 0.1) is 17.7 Å². The Kier molecular flexibility index (Phi) is 7.87. The zero-order valence-corrected chi connectivity index (χ0v) is 19.7. The van der Waals surface area contributed by atoms with Gasteiger partial charge in [0.1, 0.15) is 5.75 Å². The Morgan fingerprint density at radius 1 is 1.10 bits per heavy atom. The van der Waals surface area contributed by atoms with Crippen LogP contribution in [0.1, 0.15) is 18.4 Å². The van der Waals surface area contributed by atoms with Crippen LogP contribution in [0.15, 0.2) is 41.3 Å². The predicted molar refractivity (Wildman–Crippen MR) is 123 cm³/mol. The number of hydrogen-bond acceptors (Lipinski definition) is 6. The highest BCUT2D eigenvalue weighted by atomic mass is 35.5. The summed E-state index contributed by atoms with van der Waals surface area (Å²) in [5, 5.41) is 1.13. The molecule has 1 saturated heterocycles. The first-order chi connectivity index (χ1) is 14.7. The first-order valence-corrected chi connectivity index (χ1v) is 12.7. The number of ether oxygens (including phenoxy) is 1. The largest absolute Gasteiger partial charge is 0.495 e. The maximum Gasteiger partial charge on any atom is 0.240 e. The highest BCUT2D eigenvalue weighted by molar-refractivity contribution is 7.98. The van der Waals surface area contributed by atoms with Crippen LogP contribution in [-0.2, 0) is 25.4 Å². The van der Waals surface area contributed by atoms with Crippen LogP contribution in [0.2, 0.25) is 10.0 Å². The van der Waals surface area contributed by atoms with Gasteiger partial charge in [0.2, 0.25) is 21.8 Å². The number of hydrogen-bond donors (Lipinski definition) is 1. The fourth-order valence-corrected chi connectivity index (χ4v) is 5.81. The molecule has 3 rings (SSSR count). The van der Waals surface area contributed by atoms with Crippen LogP contribution >= 0.6 is 35.0 Å². The summed E-state index contributed by atoms with van der Waals surface area (Å²) < 4.78 is 33.2. The number of carbonyl (C=O) groups excluding carboxylic acids is 2. The molecular formula is C20H20Cl2N2O5S2. The third kappa shape index (κ3) is 5.53. The monoisotopic (exact) mass is 502 g/mol. The molecule has 1 aliphatic heterocycles. The van der Waals surface area contributed by atoms with E-state index in [2.05, 4.69) is 4.72 Å². The van der Waals surface area contributed by atoms with Crippen molar-refractivity contribution in [2.75, 3.05) is 24.3 Å². The molecule has 1 aliphatic rings. The second-order valence-electron chi connectivity index (χ2n) is 6.61. The van der Waals surface area contributed by atoms with Gasteiger partial charge >= 0.3 is 0 Å². The van der Waals surface area contributed by atoms with Gasteiger partial charge in [-0.2, -0.15) is 11.8 Å². The third-order valence-corrected chi connectivity index (χ3v) is 7.75. The highest BCUT2D eigenvalue weighted by Crippen LogP contribution is 2.34. The van der Waals surface area contributed by atoms with Crippen molar-refractivity contribution in [1.29, 1.82) is 0 Å². The summed E-state index contributed by atoms with van der Waals surface area (Å²) in [7, 11) is -2.47. The molecule has 0 bridgehead atoms. The standard InChI is InChI=1S/C20H20Cl2N2O5S2/c1-29-18-6-5-13(11-17(18)24-19(25)7-8-20(24)26)31(27,28)23-9-10-30-12-14-15(21)3-2-4-16(14)22/h2-6,11,23H,7-10,12H2,1H3. The molecule has 7 nitrogen and oxygen atoms in total. The van der Waals surface area contributed by atoms with Crippen molar-refractivity contribution in [2.24, 2.45) is 0 Å².